The van der Waals surface area contributed by atoms with E-state index in [1.807, 2.05) is 6.92 Å². The molecule has 5 nitrogen and oxygen atoms in total. The van der Waals surface area contributed by atoms with E-state index in [0.717, 1.165) is 18.4 Å². The monoisotopic (exact) mass is 286 g/mol. The van der Waals surface area contributed by atoms with Gasteiger partial charge in [-0.2, -0.15) is 0 Å². The van der Waals surface area contributed by atoms with Gasteiger partial charge >= 0.3 is 0 Å². The van der Waals surface area contributed by atoms with Gasteiger partial charge in [-0.25, -0.2) is 12.7 Å². The number of nitrogens with zero attached hydrogens (tertiary/aromatic N) is 1. The molecule has 1 aromatic carbocycles. The Bertz CT molecular complexity index is 515. The lowest BCUT2D eigenvalue weighted by molar-refractivity contribution is 0.281. The topological polar surface area (TPSA) is 83.6 Å². The fraction of sp³-hybridized carbons (Fsp3) is 0.538. The predicted molar refractivity (Wildman–Crippen MR) is 76.3 cm³/mol. The maximum Gasteiger partial charge on any atom is 0.242 e. The van der Waals surface area contributed by atoms with Gasteiger partial charge in [-0.3, -0.25) is 0 Å². The molecule has 0 aliphatic rings. The third-order valence-corrected chi connectivity index (χ3v) is 4.94. The van der Waals surface area contributed by atoms with Crippen molar-refractivity contribution >= 4 is 15.7 Å². The van der Waals surface area contributed by atoms with Gasteiger partial charge in [0.1, 0.15) is 0 Å². The average Bonchev–Trinajstić information content (AvgIpc) is 2.37. The Morgan fingerprint density at radius 3 is 2.53 bits per heavy atom. The maximum absolute atomic E-state index is 12.3. The van der Waals surface area contributed by atoms with Gasteiger partial charge in [-0.05, 0) is 43.9 Å². The predicted octanol–water partition coefficient (Wildman–Crippen LogP) is 1.36. The zero-order chi connectivity index (χ0) is 14.5. The van der Waals surface area contributed by atoms with Crippen molar-refractivity contribution in [2.45, 2.75) is 31.1 Å². The van der Waals surface area contributed by atoms with Crippen molar-refractivity contribution in [1.29, 1.82) is 0 Å². The summed E-state index contributed by atoms with van der Waals surface area (Å²) in [7, 11) is -1.91. The van der Waals surface area contributed by atoms with Crippen LogP contribution in [0, 0.1) is 6.92 Å². The summed E-state index contributed by atoms with van der Waals surface area (Å²) < 4.78 is 25.9. The normalized spacial score (nSPS) is 12.0. The van der Waals surface area contributed by atoms with Crippen LogP contribution in [0.1, 0.15) is 24.8 Å². The number of aliphatic hydroxyl groups is 1. The Balaban J connectivity index is 2.76. The van der Waals surface area contributed by atoms with Crippen LogP contribution < -0.4 is 5.73 Å². The molecule has 0 saturated carbocycles. The second-order valence-electron chi connectivity index (χ2n) is 4.63. The zero-order valence-corrected chi connectivity index (χ0v) is 12.3. The Morgan fingerprint density at radius 1 is 1.26 bits per heavy atom. The minimum Gasteiger partial charge on any atom is -0.398 e. The highest BCUT2D eigenvalue weighted by Crippen LogP contribution is 2.20. The van der Waals surface area contributed by atoms with E-state index < -0.39 is 10.0 Å². The quantitative estimate of drug-likeness (QED) is 0.585. The first kappa shape index (κ1) is 15.9. The number of nitrogen functional groups attached to an aromatic ring is 1. The number of unbranched alkanes of at least 4 members (excludes halogenated alkanes) is 2. The third kappa shape index (κ3) is 4.19. The number of rotatable bonds is 7. The molecule has 0 saturated heterocycles. The first-order valence-electron chi connectivity index (χ1n) is 6.33. The van der Waals surface area contributed by atoms with Crippen LogP contribution in [0.5, 0.6) is 0 Å². The number of aliphatic hydroxyl groups excluding tert-OH is 1. The van der Waals surface area contributed by atoms with Gasteiger partial charge in [0.2, 0.25) is 10.0 Å². The van der Waals surface area contributed by atoms with Gasteiger partial charge in [0.25, 0.3) is 0 Å². The van der Waals surface area contributed by atoms with Gasteiger partial charge in [-0.1, -0.05) is 6.07 Å². The fourth-order valence-electron chi connectivity index (χ4n) is 1.70. The van der Waals surface area contributed by atoms with Crippen molar-refractivity contribution in [3.05, 3.63) is 23.8 Å². The molecule has 0 aliphatic heterocycles. The van der Waals surface area contributed by atoms with E-state index in [-0.39, 0.29) is 11.5 Å². The van der Waals surface area contributed by atoms with Crippen LogP contribution in [0.4, 0.5) is 5.69 Å². The lowest BCUT2D eigenvalue weighted by atomic mass is 10.2. The molecule has 0 radical (unpaired) electrons. The SMILES string of the molecule is Cc1ccc(S(=O)(=O)N(C)CCCCCO)cc1N. The molecule has 0 amide bonds. The molecule has 0 fully saturated rings. The number of hydrogen-bond donors (Lipinski definition) is 2. The standard InChI is InChI=1S/C13H22N2O3S/c1-11-6-7-12(10-13(11)14)19(17,18)15(2)8-4-3-5-9-16/h6-7,10,16H,3-5,8-9,14H2,1-2H3. The summed E-state index contributed by atoms with van der Waals surface area (Å²) >= 11 is 0. The molecule has 0 spiro atoms. The van der Waals surface area contributed by atoms with E-state index in [2.05, 4.69) is 0 Å². The lowest BCUT2D eigenvalue weighted by Gasteiger charge is -2.17. The first-order valence-corrected chi connectivity index (χ1v) is 7.77. The number of anilines is 1. The Hall–Kier alpha value is -1.11. The summed E-state index contributed by atoms with van der Waals surface area (Å²) in [6, 6.07) is 4.78. The highest BCUT2D eigenvalue weighted by molar-refractivity contribution is 7.89. The van der Waals surface area contributed by atoms with Crippen LogP contribution in [-0.2, 0) is 10.0 Å². The second kappa shape index (κ2) is 6.88. The number of benzene rings is 1. The second-order valence-corrected chi connectivity index (χ2v) is 6.67. The number of aryl methyl sites for hydroxylation is 1. The molecule has 0 heterocycles. The molecule has 19 heavy (non-hydrogen) atoms. The Morgan fingerprint density at radius 2 is 1.95 bits per heavy atom. The Labute approximate surface area is 115 Å². The molecule has 3 N–H and O–H groups in total. The molecule has 0 atom stereocenters. The minimum absolute atomic E-state index is 0.144. The van der Waals surface area contributed by atoms with Crippen molar-refractivity contribution in [1.82, 2.24) is 4.31 Å². The van der Waals surface area contributed by atoms with Crippen LogP contribution in [0.2, 0.25) is 0 Å². The van der Waals surface area contributed by atoms with Crippen LogP contribution in [-0.4, -0.2) is 38.0 Å². The number of hydrogen-bond acceptors (Lipinski definition) is 4. The summed E-state index contributed by atoms with van der Waals surface area (Å²) in [4.78, 5) is 0.222. The maximum atomic E-state index is 12.3. The van der Waals surface area contributed by atoms with E-state index in [0.29, 0.717) is 18.7 Å². The molecule has 0 aromatic heterocycles. The van der Waals surface area contributed by atoms with Crippen molar-refractivity contribution in [3.8, 4) is 0 Å². The first-order chi connectivity index (χ1) is 8.89. The van der Waals surface area contributed by atoms with E-state index in [4.69, 9.17) is 10.8 Å². The van der Waals surface area contributed by atoms with E-state index in [1.165, 1.54) is 10.4 Å². The highest BCUT2D eigenvalue weighted by Gasteiger charge is 2.20. The zero-order valence-electron chi connectivity index (χ0n) is 11.5. The van der Waals surface area contributed by atoms with Gasteiger partial charge in [-0.15, -0.1) is 0 Å². The van der Waals surface area contributed by atoms with Crippen molar-refractivity contribution < 1.29 is 13.5 Å². The van der Waals surface area contributed by atoms with E-state index in [9.17, 15) is 8.42 Å². The van der Waals surface area contributed by atoms with E-state index in [1.54, 1.807) is 19.2 Å². The third-order valence-electron chi connectivity index (χ3n) is 3.09. The van der Waals surface area contributed by atoms with Gasteiger partial charge in [0.15, 0.2) is 0 Å². The smallest absolute Gasteiger partial charge is 0.242 e. The summed E-state index contributed by atoms with van der Waals surface area (Å²) in [6.45, 7) is 2.42. The van der Waals surface area contributed by atoms with Crippen LogP contribution in [0.15, 0.2) is 23.1 Å². The highest BCUT2D eigenvalue weighted by atomic mass is 32.2. The van der Waals surface area contributed by atoms with Crippen LogP contribution in [0.25, 0.3) is 0 Å². The fourth-order valence-corrected chi connectivity index (χ4v) is 2.95. The number of sulfonamides is 1. The van der Waals surface area contributed by atoms with Gasteiger partial charge in [0, 0.05) is 25.9 Å². The molecule has 1 aromatic rings. The summed E-state index contributed by atoms with van der Waals surface area (Å²) in [5, 5.41) is 8.68. The average molecular weight is 286 g/mol. The van der Waals surface area contributed by atoms with Gasteiger partial charge < -0.3 is 10.8 Å². The summed E-state index contributed by atoms with van der Waals surface area (Å²) in [5.74, 6) is 0. The van der Waals surface area contributed by atoms with Crippen LogP contribution >= 0.6 is 0 Å². The Kier molecular flexibility index (Phi) is 5.78. The summed E-state index contributed by atoms with van der Waals surface area (Å²) in [6.07, 6.45) is 2.25. The molecule has 108 valence electrons. The molecular formula is C13H22N2O3S. The molecule has 6 heteroatoms. The molecule has 0 aliphatic carbocycles. The molecule has 1 rings (SSSR count). The largest absolute Gasteiger partial charge is 0.398 e. The number of nitrogens with two attached hydrogens (primary N) is 1. The molecule has 0 unspecified atom stereocenters. The minimum atomic E-state index is -3.47. The van der Waals surface area contributed by atoms with E-state index >= 15 is 0 Å². The lowest BCUT2D eigenvalue weighted by Crippen LogP contribution is -2.28. The van der Waals surface area contributed by atoms with Crippen molar-refractivity contribution in [2.24, 2.45) is 0 Å². The van der Waals surface area contributed by atoms with Gasteiger partial charge in [0.05, 0.1) is 4.90 Å². The van der Waals surface area contributed by atoms with Crippen molar-refractivity contribution in [2.75, 3.05) is 25.9 Å². The molecule has 0 bridgehead atoms. The van der Waals surface area contributed by atoms with Crippen molar-refractivity contribution in [3.63, 3.8) is 0 Å². The summed E-state index contributed by atoms with van der Waals surface area (Å²) in [5.41, 5.74) is 7.09. The van der Waals surface area contributed by atoms with Crippen LogP contribution in [0.3, 0.4) is 0 Å². The molecular weight excluding hydrogens is 264 g/mol.